The average Bonchev–Trinajstić information content (AvgIpc) is 2.89. The molecule has 1 fully saturated rings. The standard InChI is InChI=1S/C28H29ClN4O3/c1-19(21-5-3-2-4-6-21)30-28(34)25-16-22-15-24(33(35)36)11-12-26(22)32-14-13-31(18-27(25)32)17-20-7-9-23(29)10-8-20/h2-12,15,19,25,27H,13-14,16-18H2,1H3,(H,30,34)/t19-,25-,27+/m0/s1. The lowest BCUT2D eigenvalue weighted by Crippen LogP contribution is -2.61. The van der Waals surface area contributed by atoms with E-state index in [1.54, 1.807) is 12.1 Å². The zero-order valence-corrected chi connectivity index (χ0v) is 20.9. The fraction of sp³-hybridized carbons (Fsp3) is 0.321. The van der Waals surface area contributed by atoms with Crippen LogP contribution >= 0.6 is 11.6 Å². The number of carbonyl (C=O) groups is 1. The SMILES string of the molecule is C[C@H](NC(=O)[C@H]1Cc2cc([N+](=O)[O-])ccc2N2CCN(Cc3ccc(Cl)cc3)C[C@H]12)c1ccccc1. The number of nitrogens with one attached hydrogen (secondary N) is 1. The van der Waals surface area contributed by atoms with Crippen LogP contribution in [0.2, 0.25) is 5.02 Å². The highest BCUT2D eigenvalue weighted by molar-refractivity contribution is 6.30. The van der Waals surface area contributed by atoms with Crippen LogP contribution < -0.4 is 10.2 Å². The number of rotatable bonds is 6. The molecule has 2 aliphatic rings. The van der Waals surface area contributed by atoms with Crippen LogP contribution in [-0.2, 0) is 17.8 Å². The van der Waals surface area contributed by atoms with E-state index in [0.29, 0.717) is 11.4 Å². The normalized spacial score (nSPS) is 20.2. The van der Waals surface area contributed by atoms with E-state index in [1.165, 1.54) is 5.56 Å². The van der Waals surface area contributed by atoms with Gasteiger partial charge < -0.3 is 10.2 Å². The first-order chi connectivity index (χ1) is 17.4. The van der Waals surface area contributed by atoms with Crippen LogP contribution in [0.15, 0.2) is 72.8 Å². The van der Waals surface area contributed by atoms with Crippen molar-refractivity contribution in [1.29, 1.82) is 0 Å². The van der Waals surface area contributed by atoms with Gasteiger partial charge in [0, 0.05) is 49.0 Å². The molecule has 7 nitrogen and oxygen atoms in total. The van der Waals surface area contributed by atoms with E-state index >= 15 is 0 Å². The lowest BCUT2D eigenvalue weighted by Gasteiger charge is -2.49. The average molecular weight is 505 g/mol. The van der Waals surface area contributed by atoms with Crippen molar-refractivity contribution in [3.05, 3.63) is 105 Å². The lowest BCUT2D eigenvalue weighted by atomic mass is 9.83. The lowest BCUT2D eigenvalue weighted by molar-refractivity contribution is -0.384. The Morgan fingerprint density at radius 3 is 2.58 bits per heavy atom. The number of nitrogens with zero attached hydrogens (tertiary/aromatic N) is 3. The number of hydrogen-bond donors (Lipinski definition) is 1. The van der Waals surface area contributed by atoms with Gasteiger partial charge in [0.15, 0.2) is 0 Å². The molecule has 0 radical (unpaired) electrons. The van der Waals surface area contributed by atoms with Crippen LogP contribution in [0.5, 0.6) is 0 Å². The molecule has 186 valence electrons. The van der Waals surface area contributed by atoms with Crippen molar-refractivity contribution < 1.29 is 9.72 Å². The molecule has 1 amide bonds. The number of nitro benzene ring substituents is 1. The summed E-state index contributed by atoms with van der Waals surface area (Å²) in [4.78, 5) is 29.4. The monoisotopic (exact) mass is 504 g/mol. The van der Waals surface area contributed by atoms with Gasteiger partial charge in [-0.3, -0.25) is 19.8 Å². The van der Waals surface area contributed by atoms with Crippen LogP contribution in [0.1, 0.15) is 29.7 Å². The number of hydrogen-bond acceptors (Lipinski definition) is 5. The molecule has 0 spiro atoms. The Bertz CT molecular complexity index is 1250. The highest BCUT2D eigenvalue weighted by atomic mass is 35.5. The minimum atomic E-state index is -0.372. The van der Waals surface area contributed by atoms with Crippen molar-refractivity contribution in [3.63, 3.8) is 0 Å². The van der Waals surface area contributed by atoms with Crippen molar-refractivity contribution in [2.24, 2.45) is 5.92 Å². The molecule has 2 heterocycles. The Hall–Kier alpha value is -3.42. The molecule has 3 aromatic carbocycles. The number of fused-ring (bicyclic) bond motifs is 3. The van der Waals surface area contributed by atoms with Crippen LogP contribution in [0.3, 0.4) is 0 Å². The van der Waals surface area contributed by atoms with E-state index in [0.717, 1.165) is 43.0 Å². The third-order valence-corrected chi connectivity index (χ3v) is 7.56. The van der Waals surface area contributed by atoms with E-state index in [2.05, 4.69) is 15.1 Å². The van der Waals surface area contributed by atoms with Gasteiger partial charge in [0.1, 0.15) is 0 Å². The summed E-state index contributed by atoms with van der Waals surface area (Å²) in [6, 6.07) is 22.7. The van der Waals surface area contributed by atoms with Gasteiger partial charge in [-0.1, -0.05) is 54.1 Å². The first-order valence-electron chi connectivity index (χ1n) is 12.2. The summed E-state index contributed by atoms with van der Waals surface area (Å²) < 4.78 is 0. The summed E-state index contributed by atoms with van der Waals surface area (Å²) in [5, 5.41) is 15.3. The molecule has 3 atom stereocenters. The summed E-state index contributed by atoms with van der Waals surface area (Å²) in [6.07, 6.45) is 0.473. The van der Waals surface area contributed by atoms with Crippen molar-refractivity contribution >= 4 is 28.9 Å². The molecule has 0 unspecified atom stereocenters. The molecule has 1 N–H and O–H groups in total. The highest BCUT2D eigenvalue weighted by Crippen LogP contribution is 2.38. The molecular formula is C28H29ClN4O3. The van der Waals surface area contributed by atoms with Gasteiger partial charge in [0.05, 0.1) is 22.9 Å². The number of piperazine rings is 1. The van der Waals surface area contributed by atoms with E-state index < -0.39 is 0 Å². The number of benzene rings is 3. The number of amides is 1. The largest absolute Gasteiger partial charge is 0.365 e. The Kier molecular flexibility index (Phi) is 6.94. The quantitative estimate of drug-likeness (QED) is 0.378. The first-order valence-corrected chi connectivity index (χ1v) is 12.6. The van der Waals surface area contributed by atoms with Crippen LogP contribution in [0.4, 0.5) is 11.4 Å². The number of anilines is 1. The van der Waals surface area contributed by atoms with Crippen LogP contribution in [0, 0.1) is 16.0 Å². The third kappa shape index (κ3) is 5.08. The third-order valence-electron chi connectivity index (χ3n) is 7.30. The predicted octanol–water partition coefficient (Wildman–Crippen LogP) is 4.99. The smallest absolute Gasteiger partial charge is 0.269 e. The number of carbonyl (C=O) groups excluding carboxylic acids is 1. The topological polar surface area (TPSA) is 78.7 Å². The number of halogens is 1. The van der Waals surface area contributed by atoms with Gasteiger partial charge in [-0.2, -0.15) is 0 Å². The molecule has 5 rings (SSSR count). The summed E-state index contributed by atoms with van der Waals surface area (Å²) in [6.45, 7) is 5.09. The summed E-state index contributed by atoms with van der Waals surface area (Å²) in [7, 11) is 0. The van der Waals surface area contributed by atoms with Crippen molar-refractivity contribution in [2.75, 3.05) is 24.5 Å². The Morgan fingerprint density at radius 2 is 1.86 bits per heavy atom. The zero-order valence-electron chi connectivity index (χ0n) is 20.1. The molecule has 0 aliphatic carbocycles. The molecule has 36 heavy (non-hydrogen) atoms. The molecular weight excluding hydrogens is 476 g/mol. The fourth-order valence-electron chi connectivity index (χ4n) is 5.42. The maximum Gasteiger partial charge on any atom is 0.269 e. The Morgan fingerprint density at radius 1 is 1.11 bits per heavy atom. The van der Waals surface area contributed by atoms with E-state index in [1.807, 2.05) is 67.6 Å². The van der Waals surface area contributed by atoms with Gasteiger partial charge in [-0.15, -0.1) is 0 Å². The summed E-state index contributed by atoms with van der Waals surface area (Å²) in [5.74, 6) is -0.342. The van der Waals surface area contributed by atoms with E-state index in [4.69, 9.17) is 11.6 Å². The van der Waals surface area contributed by atoms with Gasteiger partial charge in [0.2, 0.25) is 5.91 Å². The van der Waals surface area contributed by atoms with Crippen molar-refractivity contribution in [2.45, 2.75) is 32.0 Å². The van der Waals surface area contributed by atoms with Gasteiger partial charge >= 0.3 is 0 Å². The maximum absolute atomic E-state index is 13.7. The molecule has 2 aliphatic heterocycles. The minimum Gasteiger partial charge on any atom is -0.365 e. The van der Waals surface area contributed by atoms with Crippen molar-refractivity contribution in [3.8, 4) is 0 Å². The highest BCUT2D eigenvalue weighted by Gasteiger charge is 2.42. The van der Waals surface area contributed by atoms with Gasteiger partial charge in [0.25, 0.3) is 5.69 Å². The molecule has 0 bridgehead atoms. The molecule has 3 aromatic rings. The second kappa shape index (κ2) is 10.3. The Balaban J connectivity index is 1.41. The predicted molar refractivity (Wildman–Crippen MR) is 141 cm³/mol. The molecule has 1 saturated heterocycles. The van der Waals surface area contributed by atoms with E-state index in [9.17, 15) is 14.9 Å². The van der Waals surface area contributed by atoms with Crippen LogP contribution in [-0.4, -0.2) is 41.4 Å². The summed E-state index contributed by atoms with van der Waals surface area (Å²) in [5.41, 5.74) is 4.14. The van der Waals surface area contributed by atoms with E-state index in [-0.39, 0.29) is 34.5 Å². The van der Waals surface area contributed by atoms with Gasteiger partial charge in [-0.25, -0.2) is 0 Å². The summed E-state index contributed by atoms with van der Waals surface area (Å²) >= 11 is 6.06. The zero-order chi connectivity index (χ0) is 25.2. The second-order valence-electron chi connectivity index (χ2n) is 9.64. The van der Waals surface area contributed by atoms with Crippen molar-refractivity contribution in [1.82, 2.24) is 10.2 Å². The molecule has 0 aromatic heterocycles. The number of non-ortho nitro benzene ring substituents is 1. The molecule has 8 heteroatoms. The number of nitro groups is 1. The molecule has 0 saturated carbocycles. The minimum absolute atomic E-state index is 0.0214. The maximum atomic E-state index is 13.7. The van der Waals surface area contributed by atoms with Gasteiger partial charge in [-0.05, 0) is 48.2 Å². The Labute approximate surface area is 215 Å². The van der Waals surface area contributed by atoms with Crippen LogP contribution in [0.25, 0.3) is 0 Å². The second-order valence-corrected chi connectivity index (χ2v) is 10.1. The fourth-order valence-corrected chi connectivity index (χ4v) is 5.55. The first kappa shape index (κ1) is 24.3.